The third-order valence-corrected chi connectivity index (χ3v) is 5.31. The molecular weight excluding hydrogens is 294 g/mol. The normalized spacial score (nSPS) is 12.7. The molecule has 0 bridgehead atoms. The van der Waals surface area contributed by atoms with Crippen molar-refractivity contribution in [2.75, 3.05) is 0 Å². The van der Waals surface area contributed by atoms with Crippen molar-refractivity contribution in [2.45, 2.75) is 40.2 Å². The fraction of sp³-hybridized carbons (Fsp3) is 0.353. The van der Waals surface area contributed by atoms with Gasteiger partial charge in [-0.1, -0.05) is 6.07 Å². The maximum absolute atomic E-state index is 12.8. The monoisotopic (exact) mass is 313 g/mol. The van der Waals surface area contributed by atoms with Gasteiger partial charge in [-0.25, -0.2) is 4.98 Å². The zero-order valence-electron chi connectivity index (χ0n) is 13.3. The fourth-order valence-corrected chi connectivity index (χ4v) is 3.66. The molecule has 0 unspecified atom stereocenters. The summed E-state index contributed by atoms with van der Waals surface area (Å²) in [5.41, 5.74) is 3.28. The lowest BCUT2D eigenvalue weighted by molar-refractivity contribution is 0.516. The molecule has 0 aliphatic carbocycles. The lowest BCUT2D eigenvalue weighted by Crippen LogP contribution is -2.25. The van der Waals surface area contributed by atoms with Crippen LogP contribution in [0.15, 0.2) is 29.5 Å². The topological polar surface area (TPSA) is 47.8 Å². The molecule has 1 atom stereocenters. The van der Waals surface area contributed by atoms with Crippen LogP contribution in [0.2, 0.25) is 0 Å². The van der Waals surface area contributed by atoms with E-state index in [0.29, 0.717) is 0 Å². The van der Waals surface area contributed by atoms with Gasteiger partial charge in [0.2, 0.25) is 0 Å². The maximum Gasteiger partial charge on any atom is 0.262 e. The highest BCUT2D eigenvalue weighted by atomic mass is 32.1. The molecule has 3 aromatic rings. The molecule has 0 aliphatic rings. The van der Waals surface area contributed by atoms with Crippen LogP contribution in [-0.4, -0.2) is 14.5 Å². The summed E-state index contributed by atoms with van der Waals surface area (Å²) in [5.74, 6) is 0. The average molecular weight is 313 g/mol. The Morgan fingerprint density at radius 1 is 1.27 bits per heavy atom. The van der Waals surface area contributed by atoms with Gasteiger partial charge in [-0.05, 0) is 44.9 Å². The van der Waals surface area contributed by atoms with Gasteiger partial charge in [0.1, 0.15) is 4.83 Å². The maximum atomic E-state index is 12.8. The summed E-state index contributed by atoms with van der Waals surface area (Å²) in [6, 6.07) is 4.00. The second-order valence-electron chi connectivity index (χ2n) is 5.74. The van der Waals surface area contributed by atoms with Crippen LogP contribution in [0.1, 0.15) is 34.7 Å². The van der Waals surface area contributed by atoms with Gasteiger partial charge < -0.3 is 0 Å². The zero-order valence-corrected chi connectivity index (χ0v) is 14.1. The predicted molar refractivity (Wildman–Crippen MR) is 90.7 cm³/mol. The Morgan fingerprint density at radius 3 is 2.77 bits per heavy atom. The van der Waals surface area contributed by atoms with E-state index in [9.17, 15) is 4.79 Å². The van der Waals surface area contributed by atoms with Gasteiger partial charge in [-0.2, -0.15) is 0 Å². The Morgan fingerprint density at radius 2 is 2.05 bits per heavy atom. The van der Waals surface area contributed by atoms with Gasteiger partial charge in [0.05, 0.1) is 11.7 Å². The van der Waals surface area contributed by atoms with E-state index in [1.165, 1.54) is 0 Å². The van der Waals surface area contributed by atoms with Crippen molar-refractivity contribution in [3.63, 3.8) is 0 Å². The molecule has 0 spiro atoms. The standard InChI is InChI=1S/C17H19N3OS/c1-10-6-5-7-18-14(10)8-11(2)20-9-19-16-15(17(20)21)12(3)13(4)22-16/h5-7,9,11H,8H2,1-4H3/t11-/m0/s1. The van der Waals surface area contributed by atoms with Gasteiger partial charge >= 0.3 is 0 Å². The second-order valence-corrected chi connectivity index (χ2v) is 6.94. The number of rotatable bonds is 3. The minimum absolute atomic E-state index is 0.0256. The molecule has 0 radical (unpaired) electrons. The van der Waals surface area contributed by atoms with E-state index in [1.54, 1.807) is 28.4 Å². The van der Waals surface area contributed by atoms with E-state index in [4.69, 9.17) is 0 Å². The molecule has 0 saturated carbocycles. The van der Waals surface area contributed by atoms with Crippen molar-refractivity contribution in [1.29, 1.82) is 0 Å². The first-order valence-corrected chi connectivity index (χ1v) is 8.18. The third kappa shape index (κ3) is 2.46. The molecule has 3 heterocycles. The average Bonchev–Trinajstić information content (AvgIpc) is 2.77. The van der Waals surface area contributed by atoms with E-state index in [2.05, 4.69) is 9.97 Å². The molecule has 0 amide bonds. The van der Waals surface area contributed by atoms with E-state index in [0.717, 1.165) is 38.3 Å². The molecule has 5 heteroatoms. The van der Waals surface area contributed by atoms with Crippen LogP contribution in [0.5, 0.6) is 0 Å². The third-order valence-electron chi connectivity index (χ3n) is 4.20. The van der Waals surface area contributed by atoms with Crippen molar-refractivity contribution in [2.24, 2.45) is 0 Å². The van der Waals surface area contributed by atoms with Crippen molar-refractivity contribution in [1.82, 2.24) is 14.5 Å². The summed E-state index contributed by atoms with van der Waals surface area (Å²) in [6.45, 7) is 8.12. The first-order valence-electron chi connectivity index (χ1n) is 7.36. The molecule has 3 rings (SSSR count). The van der Waals surface area contributed by atoms with Crippen LogP contribution in [0, 0.1) is 20.8 Å². The summed E-state index contributed by atoms with van der Waals surface area (Å²) < 4.78 is 1.73. The van der Waals surface area contributed by atoms with Gasteiger partial charge in [0.15, 0.2) is 0 Å². The number of nitrogens with zero attached hydrogens (tertiary/aromatic N) is 3. The number of hydrogen-bond acceptors (Lipinski definition) is 4. The van der Waals surface area contributed by atoms with Crippen molar-refractivity contribution < 1.29 is 0 Å². The van der Waals surface area contributed by atoms with Gasteiger partial charge in [-0.15, -0.1) is 11.3 Å². The smallest absolute Gasteiger partial charge is 0.262 e. The lowest BCUT2D eigenvalue weighted by atomic mass is 10.1. The summed E-state index contributed by atoms with van der Waals surface area (Å²) >= 11 is 1.58. The van der Waals surface area contributed by atoms with Crippen LogP contribution in [0.3, 0.4) is 0 Å². The SMILES string of the molecule is Cc1cccnc1C[C@H](C)n1cnc2sc(C)c(C)c2c1=O. The largest absolute Gasteiger partial charge is 0.295 e. The number of fused-ring (bicyclic) bond motifs is 1. The highest BCUT2D eigenvalue weighted by molar-refractivity contribution is 7.18. The Labute approximate surface area is 133 Å². The molecule has 4 nitrogen and oxygen atoms in total. The summed E-state index contributed by atoms with van der Waals surface area (Å²) in [5, 5.41) is 0.759. The first-order chi connectivity index (χ1) is 10.5. The lowest BCUT2D eigenvalue weighted by Gasteiger charge is -2.15. The van der Waals surface area contributed by atoms with E-state index in [1.807, 2.05) is 39.8 Å². The zero-order chi connectivity index (χ0) is 15.9. The van der Waals surface area contributed by atoms with Crippen molar-refractivity contribution >= 4 is 21.6 Å². The highest BCUT2D eigenvalue weighted by Gasteiger charge is 2.16. The molecule has 0 N–H and O–H groups in total. The molecule has 0 fully saturated rings. The second kappa shape index (κ2) is 5.65. The molecule has 0 aliphatic heterocycles. The van der Waals surface area contributed by atoms with Gasteiger partial charge in [0.25, 0.3) is 5.56 Å². The number of aryl methyl sites for hydroxylation is 3. The number of pyridine rings is 1. The van der Waals surface area contributed by atoms with Crippen LogP contribution >= 0.6 is 11.3 Å². The Hall–Kier alpha value is -2.01. The predicted octanol–water partition coefficient (Wildman–Crippen LogP) is 3.58. The van der Waals surface area contributed by atoms with Gasteiger partial charge in [0, 0.05) is 29.2 Å². The van der Waals surface area contributed by atoms with Gasteiger partial charge in [-0.3, -0.25) is 14.3 Å². The highest BCUT2D eigenvalue weighted by Crippen LogP contribution is 2.26. The van der Waals surface area contributed by atoms with Crippen LogP contribution in [0.25, 0.3) is 10.2 Å². The first kappa shape index (κ1) is 14.9. The molecule has 3 aromatic heterocycles. The van der Waals surface area contributed by atoms with E-state index < -0.39 is 0 Å². The summed E-state index contributed by atoms with van der Waals surface area (Å²) in [4.78, 5) is 23.7. The molecular formula is C17H19N3OS. The number of hydrogen-bond donors (Lipinski definition) is 0. The van der Waals surface area contributed by atoms with E-state index >= 15 is 0 Å². The summed E-state index contributed by atoms with van der Waals surface area (Å²) in [6.07, 6.45) is 4.19. The number of aromatic nitrogens is 3. The molecule has 22 heavy (non-hydrogen) atoms. The van der Waals surface area contributed by atoms with Crippen LogP contribution < -0.4 is 5.56 Å². The quantitative estimate of drug-likeness (QED) is 0.742. The van der Waals surface area contributed by atoms with Crippen molar-refractivity contribution in [3.8, 4) is 0 Å². The summed E-state index contributed by atoms with van der Waals surface area (Å²) in [7, 11) is 0. The van der Waals surface area contributed by atoms with E-state index in [-0.39, 0.29) is 11.6 Å². The molecule has 0 saturated heterocycles. The van der Waals surface area contributed by atoms with Crippen molar-refractivity contribution in [3.05, 3.63) is 56.7 Å². The fourth-order valence-electron chi connectivity index (χ4n) is 2.67. The van der Waals surface area contributed by atoms with Crippen LogP contribution in [0.4, 0.5) is 0 Å². The number of thiophene rings is 1. The Kier molecular flexibility index (Phi) is 3.83. The Balaban J connectivity index is 2.03. The molecule has 0 aromatic carbocycles. The minimum atomic E-state index is 0.0256. The molecule has 114 valence electrons. The minimum Gasteiger partial charge on any atom is -0.295 e. The van der Waals surface area contributed by atoms with Crippen LogP contribution in [-0.2, 0) is 6.42 Å². The Bertz CT molecular complexity index is 895.